The summed E-state index contributed by atoms with van der Waals surface area (Å²) in [7, 11) is 3.92. The number of nitrogens with zero attached hydrogens (tertiary/aromatic N) is 3. The Balaban J connectivity index is 1.52. The molecule has 31 heavy (non-hydrogen) atoms. The molecule has 8 heteroatoms. The van der Waals surface area contributed by atoms with Crippen molar-refractivity contribution in [2.75, 3.05) is 27.2 Å². The number of aromatic nitrogens is 2. The number of benzene rings is 2. The van der Waals surface area contributed by atoms with E-state index < -0.39 is 0 Å². The quantitative estimate of drug-likeness (QED) is 0.508. The number of aryl methyl sites for hydroxylation is 1. The molecular formula is C23H27ClN4O3. The van der Waals surface area contributed by atoms with E-state index >= 15 is 0 Å². The second-order valence-corrected chi connectivity index (χ2v) is 7.68. The normalized spacial score (nSPS) is 12.0. The minimum atomic E-state index is -0.0836. The Bertz CT molecular complexity index is 988. The molecule has 0 bridgehead atoms. The largest absolute Gasteiger partial charge is 0.494 e. The SMILES string of the molecule is CCOc1ccc(-c2noc(CCC(=O)NC[C@H](c3ccccc3Cl)N(C)C)n2)cc1. The van der Waals surface area contributed by atoms with Crippen LogP contribution in [0.2, 0.25) is 5.02 Å². The van der Waals surface area contributed by atoms with Crippen molar-refractivity contribution in [1.82, 2.24) is 20.4 Å². The number of hydrogen-bond donors (Lipinski definition) is 1. The van der Waals surface area contributed by atoms with Crippen LogP contribution in [0.1, 0.15) is 30.8 Å². The standard InChI is InChI=1S/C23H27ClN4O3/c1-4-30-17-11-9-16(10-12-17)23-26-22(31-27-23)14-13-21(29)25-15-20(28(2)3)18-7-5-6-8-19(18)24/h5-12,20H,4,13-15H2,1-3H3,(H,25,29)/t20-/m1/s1. The first-order chi connectivity index (χ1) is 15.0. The number of amides is 1. The molecule has 7 nitrogen and oxygen atoms in total. The molecule has 0 fully saturated rings. The molecule has 1 N–H and O–H groups in total. The molecule has 3 rings (SSSR count). The Morgan fingerprint density at radius 3 is 2.61 bits per heavy atom. The van der Waals surface area contributed by atoms with Crippen LogP contribution in [-0.2, 0) is 11.2 Å². The molecule has 1 amide bonds. The summed E-state index contributed by atoms with van der Waals surface area (Å²) in [4.78, 5) is 18.8. The van der Waals surface area contributed by atoms with Crippen molar-refractivity contribution in [3.8, 4) is 17.1 Å². The number of carbonyl (C=O) groups excluding carboxylic acids is 1. The van der Waals surface area contributed by atoms with Gasteiger partial charge in [0.25, 0.3) is 0 Å². The van der Waals surface area contributed by atoms with Gasteiger partial charge in [-0.1, -0.05) is 35.0 Å². The first-order valence-electron chi connectivity index (χ1n) is 10.2. The summed E-state index contributed by atoms with van der Waals surface area (Å²) >= 11 is 6.32. The third-order valence-electron chi connectivity index (χ3n) is 4.84. The maximum atomic E-state index is 12.4. The third kappa shape index (κ3) is 6.29. The first-order valence-corrected chi connectivity index (χ1v) is 10.6. The number of halogens is 1. The fourth-order valence-corrected chi connectivity index (χ4v) is 3.44. The van der Waals surface area contributed by atoms with Crippen LogP contribution >= 0.6 is 11.6 Å². The highest BCUT2D eigenvalue weighted by atomic mass is 35.5. The van der Waals surface area contributed by atoms with E-state index in [4.69, 9.17) is 20.9 Å². The molecule has 0 unspecified atom stereocenters. The van der Waals surface area contributed by atoms with Gasteiger partial charge in [0.15, 0.2) is 0 Å². The molecule has 0 aliphatic heterocycles. The topological polar surface area (TPSA) is 80.5 Å². The van der Waals surface area contributed by atoms with E-state index in [-0.39, 0.29) is 18.4 Å². The Morgan fingerprint density at radius 1 is 1.19 bits per heavy atom. The average molecular weight is 443 g/mol. The molecule has 1 atom stereocenters. The minimum Gasteiger partial charge on any atom is -0.494 e. The zero-order valence-corrected chi connectivity index (χ0v) is 18.7. The van der Waals surface area contributed by atoms with Gasteiger partial charge in [-0.3, -0.25) is 4.79 Å². The lowest BCUT2D eigenvalue weighted by Gasteiger charge is -2.26. The smallest absolute Gasteiger partial charge is 0.227 e. The fraction of sp³-hybridized carbons (Fsp3) is 0.348. The monoisotopic (exact) mass is 442 g/mol. The molecule has 3 aromatic rings. The Kier molecular flexibility index (Phi) is 8.03. The van der Waals surface area contributed by atoms with Crippen LogP contribution in [0.15, 0.2) is 53.1 Å². The van der Waals surface area contributed by atoms with Gasteiger partial charge >= 0.3 is 0 Å². The minimum absolute atomic E-state index is 0.0210. The molecule has 2 aromatic carbocycles. The predicted molar refractivity (Wildman–Crippen MR) is 120 cm³/mol. The highest BCUT2D eigenvalue weighted by molar-refractivity contribution is 6.31. The van der Waals surface area contributed by atoms with Gasteiger partial charge in [0, 0.05) is 30.0 Å². The molecule has 1 heterocycles. The fourth-order valence-electron chi connectivity index (χ4n) is 3.18. The lowest BCUT2D eigenvalue weighted by Crippen LogP contribution is -2.34. The molecule has 0 saturated heterocycles. The van der Waals surface area contributed by atoms with E-state index in [0.29, 0.717) is 36.3 Å². The van der Waals surface area contributed by atoms with Crippen molar-refractivity contribution >= 4 is 17.5 Å². The Morgan fingerprint density at radius 2 is 1.94 bits per heavy atom. The van der Waals surface area contributed by atoms with Crippen LogP contribution < -0.4 is 10.1 Å². The van der Waals surface area contributed by atoms with Crippen LogP contribution in [0.25, 0.3) is 11.4 Å². The number of likely N-dealkylation sites (N-methyl/N-ethyl adjacent to an activating group) is 1. The number of hydrogen-bond acceptors (Lipinski definition) is 6. The number of carbonyl (C=O) groups is 1. The zero-order chi connectivity index (χ0) is 22.2. The second kappa shape index (κ2) is 10.9. The summed E-state index contributed by atoms with van der Waals surface area (Å²) in [6.45, 7) is 3.01. The van der Waals surface area contributed by atoms with E-state index in [9.17, 15) is 4.79 Å². The summed E-state index contributed by atoms with van der Waals surface area (Å²) in [6.07, 6.45) is 0.627. The molecule has 0 aliphatic carbocycles. The van der Waals surface area contributed by atoms with Gasteiger partial charge in [-0.2, -0.15) is 4.98 Å². The predicted octanol–water partition coefficient (Wildman–Crippen LogP) is 4.14. The van der Waals surface area contributed by atoms with E-state index in [1.807, 2.05) is 74.4 Å². The Labute approximate surface area is 187 Å². The van der Waals surface area contributed by atoms with Crippen LogP contribution in [0.3, 0.4) is 0 Å². The lowest BCUT2D eigenvalue weighted by atomic mass is 10.1. The lowest BCUT2D eigenvalue weighted by molar-refractivity contribution is -0.121. The molecular weight excluding hydrogens is 416 g/mol. The van der Waals surface area contributed by atoms with Gasteiger partial charge in [0.1, 0.15) is 5.75 Å². The van der Waals surface area contributed by atoms with Crippen LogP contribution in [-0.4, -0.2) is 48.2 Å². The highest BCUT2D eigenvalue weighted by Gasteiger charge is 2.18. The molecule has 0 saturated carbocycles. The van der Waals surface area contributed by atoms with Crippen LogP contribution in [0.4, 0.5) is 0 Å². The van der Waals surface area contributed by atoms with E-state index in [0.717, 1.165) is 16.9 Å². The number of rotatable bonds is 10. The van der Waals surface area contributed by atoms with Crippen molar-refractivity contribution < 1.29 is 14.1 Å². The van der Waals surface area contributed by atoms with Crippen molar-refractivity contribution in [1.29, 1.82) is 0 Å². The van der Waals surface area contributed by atoms with Crippen molar-refractivity contribution in [3.05, 3.63) is 65.0 Å². The zero-order valence-electron chi connectivity index (χ0n) is 18.0. The van der Waals surface area contributed by atoms with Crippen molar-refractivity contribution in [3.63, 3.8) is 0 Å². The molecule has 164 valence electrons. The van der Waals surface area contributed by atoms with Gasteiger partial charge in [0.05, 0.1) is 12.6 Å². The summed E-state index contributed by atoms with van der Waals surface area (Å²) in [6, 6.07) is 15.1. The summed E-state index contributed by atoms with van der Waals surface area (Å²) in [5.74, 6) is 1.62. The molecule has 0 radical (unpaired) electrons. The van der Waals surface area contributed by atoms with Crippen LogP contribution in [0, 0.1) is 0 Å². The van der Waals surface area contributed by atoms with E-state index in [1.54, 1.807) is 0 Å². The highest BCUT2D eigenvalue weighted by Crippen LogP contribution is 2.25. The molecule has 0 spiro atoms. The van der Waals surface area contributed by atoms with Crippen molar-refractivity contribution in [2.45, 2.75) is 25.8 Å². The Hall–Kier alpha value is -2.90. The van der Waals surface area contributed by atoms with E-state index in [1.165, 1.54) is 0 Å². The maximum Gasteiger partial charge on any atom is 0.227 e. The van der Waals surface area contributed by atoms with E-state index in [2.05, 4.69) is 15.5 Å². The third-order valence-corrected chi connectivity index (χ3v) is 5.18. The number of ether oxygens (including phenoxy) is 1. The second-order valence-electron chi connectivity index (χ2n) is 7.27. The summed E-state index contributed by atoms with van der Waals surface area (Å²) in [5.41, 5.74) is 1.81. The summed E-state index contributed by atoms with van der Waals surface area (Å²) < 4.78 is 10.7. The summed E-state index contributed by atoms with van der Waals surface area (Å²) in [5, 5.41) is 7.66. The van der Waals surface area contributed by atoms with Gasteiger partial charge in [-0.25, -0.2) is 0 Å². The average Bonchev–Trinajstić information content (AvgIpc) is 3.23. The van der Waals surface area contributed by atoms with Gasteiger partial charge < -0.3 is 19.5 Å². The molecule has 1 aromatic heterocycles. The van der Waals surface area contributed by atoms with Gasteiger partial charge in [-0.05, 0) is 56.9 Å². The van der Waals surface area contributed by atoms with Crippen LogP contribution in [0.5, 0.6) is 5.75 Å². The number of nitrogens with one attached hydrogen (secondary N) is 1. The first kappa shape index (κ1) is 22.8. The van der Waals surface area contributed by atoms with Gasteiger partial charge in [0.2, 0.25) is 17.6 Å². The van der Waals surface area contributed by atoms with Gasteiger partial charge in [-0.15, -0.1) is 0 Å². The molecule has 0 aliphatic rings. The van der Waals surface area contributed by atoms with Crippen molar-refractivity contribution in [2.24, 2.45) is 0 Å². The maximum absolute atomic E-state index is 12.4.